The second-order valence-electron chi connectivity index (χ2n) is 6.60. The van der Waals surface area contributed by atoms with Gasteiger partial charge in [0, 0.05) is 26.9 Å². The molecule has 0 radical (unpaired) electrons. The minimum absolute atomic E-state index is 0.0368. The Kier molecular flexibility index (Phi) is 6.74. The van der Waals surface area contributed by atoms with Crippen molar-refractivity contribution in [1.82, 2.24) is 4.90 Å². The van der Waals surface area contributed by atoms with Crippen LogP contribution in [-0.4, -0.2) is 28.1 Å². The molecule has 3 nitrogen and oxygen atoms in total. The Labute approximate surface area is 177 Å². The molecule has 0 spiro atoms. The predicted octanol–water partition coefficient (Wildman–Crippen LogP) is 6.64. The maximum atomic E-state index is 12.8. The SMILES string of the molecule is CC(C)N=C1S/C(=C/c2ccc(Sc3ccc(Cl)cc3)s2)C(=O)N1C(C)C. The second-order valence-corrected chi connectivity index (χ2v) is 10.5. The molecule has 0 aliphatic carbocycles. The maximum Gasteiger partial charge on any atom is 0.267 e. The molecule has 1 fully saturated rings. The van der Waals surface area contributed by atoms with Gasteiger partial charge in [0.1, 0.15) is 0 Å². The van der Waals surface area contributed by atoms with Gasteiger partial charge in [-0.3, -0.25) is 14.7 Å². The minimum atomic E-state index is 0.0368. The number of thioether (sulfide) groups is 1. The molecule has 1 aromatic carbocycles. The summed E-state index contributed by atoms with van der Waals surface area (Å²) in [4.78, 5) is 22.2. The molecule has 142 valence electrons. The maximum absolute atomic E-state index is 12.8. The van der Waals surface area contributed by atoms with Gasteiger partial charge >= 0.3 is 0 Å². The lowest BCUT2D eigenvalue weighted by molar-refractivity contribution is -0.123. The van der Waals surface area contributed by atoms with Crippen molar-refractivity contribution in [3.63, 3.8) is 0 Å². The van der Waals surface area contributed by atoms with E-state index in [2.05, 4.69) is 17.1 Å². The average molecular weight is 437 g/mol. The van der Waals surface area contributed by atoms with Crippen LogP contribution in [0.3, 0.4) is 0 Å². The lowest BCUT2D eigenvalue weighted by Gasteiger charge is -2.20. The molecular weight excluding hydrogens is 416 g/mol. The van der Waals surface area contributed by atoms with Crippen molar-refractivity contribution in [2.24, 2.45) is 4.99 Å². The van der Waals surface area contributed by atoms with Crippen LogP contribution in [0.15, 0.2) is 55.4 Å². The first-order valence-electron chi connectivity index (χ1n) is 8.67. The van der Waals surface area contributed by atoms with Crippen LogP contribution in [0, 0.1) is 0 Å². The van der Waals surface area contributed by atoms with Crippen molar-refractivity contribution in [1.29, 1.82) is 0 Å². The van der Waals surface area contributed by atoms with E-state index in [1.165, 1.54) is 16.0 Å². The molecule has 1 amide bonds. The average Bonchev–Trinajstić information content (AvgIpc) is 3.14. The third kappa shape index (κ3) is 5.19. The number of carbonyl (C=O) groups excluding carboxylic acids is 1. The van der Waals surface area contributed by atoms with Gasteiger partial charge in [-0.25, -0.2) is 0 Å². The highest BCUT2D eigenvalue weighted by Crippen LogP contribution is 2.38. The van der Waals surface area contributed by atoms with Gasteiger partial charge < -0.3 is 0 Å². The van der Waals surface area contributed by atoms with Gasteiger partial charge in [0.25, 0.3) is 5.91 Å². The van der Waals surface area contributed by atoms with E-state index in [0.29, 0.717) is 0 Å². The number of aliphatic imine (C=N–C) groups is 1. The van der Waals surface area contributed by atoms with Gasteiger partial charge in [0.15, 0.2) is 5.17 Å². The molecule has 27 heavy (non-hydrogen) atoms. The quantitative estimate of drug-likeness (QED) is 0.492. The number of halogens is 1. The van der Waals surface area contributed by atoms with Gasteiger partial charge in [0.05, 0.1) is 9.11 Å². The minimum Gasteiger partial charge on any atom is -0.284 e. The summed E-state index contributed by atoms with van der Waals surface area (Å²) in [6.07, 6.45) is 1.97. The van der Waals surface area contributed by atoms with E-state index in [4.69, 9.17) is 11.6 Å². The van der Waals surface area contributed by atoms with Crippen LogP contribution in [0.25, 0.3) is 6.08 Å². The van der Waals surface area contributed by atoms with Crippen LogP contribution in [0.5, 0.6) is 0 Å². The molecule has 1 aromatic heterocycles. The Balaban J connectivity index is 1.79. The van der Waals surface area contributed by atoms with Crippen molar-refractivity contribution in [2.45, 2.75) is 48.9 Å². The van der Waals surface area contributed by atoms with Crippen molar-refractivity contribution in [3.8, 4) is 0 Å². The first-order chi connectivity index (χ1) is 12.8. The summed E-state index contributed by atoms with van der Waals surface area (Å²) in [5, 5.41) is 1.53. The number of nitrogens with zero attached hydrogens (tertiary/aromatic N) is 2. The molecule has 3 rings (SSSR count). The summed E-state index contributed by atoms with van der Waals surface area (Å²) in [6.45, 7) is 8.09. The van der Waals surface area contributed by atoms with Gasteiger partial charge in [0.2, 0.25) is 0 Å². The second kappa shape index (κ2) is 8.86. The normalized spacial score (nSPS) is 17.9. The Morgan fingerprint density at radius 3 is 2.44 bits per heavy atom. The molecule has 0 N–H and O–H groups in total. The summed E-state index contributed by atoms with van der Waals surface area (Å²) in [6, 6.07) is 12.2. The third-order valence-electron chi connectivity index (χ3n) is 3.63. The molecule has 0 unspecified atom stereocenters. The Bertz CT molecular complexity index is 885. The van der Waals surface area contributed by atoms with E-state index in [-0.39, 0.29) is 18.0 Å². The first-order valence-corrected chi connectivity index (χ1v) is 11.5. The van der Waals surface area contributed by atoms with Gasteiger partial charge in [-0.15, -0.1) is 11.3 Å². The zero-order valence-corrected chi connectivity index (χ0v) is 18.8. The van der Waals surface area contributed by atoms with Crippen LogP contribution >= 0.6 is 46.5 Å². The molecule has 7 heteroatoms. The smallest absolute Gasteiger partial charge is 0.267 e. The van der Waals surface area contributed by atoms with Crippen LogP contribution in [-0.2, 0) is 4.79 Å². The van der Waals surface area contributed by atoms with Crippen LogP contribution in [0.2, 0.25) is 5.02 Å². The highest BCUT2D eigenvalue weighted by atomic mass is 35.5. The highest BCUT2D eigenvalue weighted by Gasteiger charge is 2.35. The monoisotopic (exact) mass is 436 g/mol. The van der Waals surface area contributed by atoms with E-state index in [1.54, 1.807) is 28.0 Å². The number of rotatable bonds is 5. The zero-order valence-electron chi connectivity index (χ0n) is 15.6. The number of hydrogen-bond donors (Lipinski definition) is 0. The van der Waals surface area contributed by atoms with E-state index < -0.39 is 0 Å². The van der Waals surface area contributed by atoms with Gasteiger partial charge in [-0.1, -0.05) is 23.4 Å². The van der Waals surface area contributed by atoms with Crippen LogP contribution < -0.4 is 0 Å². The number of thiophene rings is 1. The molecule has 0 bridgehead atoms. The van der Waals surface area contributed by atoms with Crippen molar-refractivity contribution < 1.29 is 4.79 Å². The first kappa shape index (κ1) is 20.5. The van der Waals surface area contributed by atoms with E-state index in [9.17, 15) is 4.79 Å². The summed E-state index contributed by atoms with van der Waals surface area (Å²) in [5.74, 6) is 0.0368. The largest absolute Gasteiger partial charge is 0.284 e. The summed E-state index contributed by atoms with van der Waals surface area (Å²) in [7, 11) is 0. The van der Waals surface area contributed by atoms with Crippen LogP contribution in [0.4, 0.5) is 0 Å². The molecular formula is C20H21ClN2OS3. The molecule has 1 saturated heterocycles. The fourth-order valence-corrected chi connectivity index (χ4v) is 5.96. The third-order valence-corrected chi connectivity index (χ3v) is 7.05. The Morgan fingerprint density at radius 2 is 1.81 bits per heavy atom. The summed E-state index contributed by atoms with van der Waals surface area (Å²) >= 11 is 10.8. The number of carbonyl (C=O) groups is 1. The van der Waals surface area contributed by atoms with Crippen molar-refractivity contribution >= 4 is 63.6 Å². The standard InChI is InChI=1S/C20H21ClN2OS3/c1-12(2)22-20-23(13(3)4)19(24)17(27-20)11-16-9-10-18(26-16)25-15-7-5-14(21)6-8-15/h5-13H,1-4H3/b17-11+,22-20?. The van der Waals surface area contributed by atoms with Crippen molar-refractivity contribution in [2.75, 3.05) is 0 Å². The summed E-state index contributed by atoms with van der Waals surface area (Å²) in [5.41, 5.74) is 0. The predicted molar refractivity (Wildman–Crippen MR) is 120 cm³/mol. The highest BCUT2D eigenvalue weighted by molar-refractivity contribution is 8.18. The number of hydrogen-bond acceptors (Lipinski definition) is 5. The molecule has 1 aliphatic heterocycles. The number of benzene rings is 1. The Morgan fingerprint density at radius 1 is 1.11 bits per heavy atom. The summed E-state index contributed by atoms with van der Waals surface area (Å²) < 4.78 is 1.18. The van der Waals surface area contributed by atoms with Crippen molar-refractivity contribution in [3.05, 3.63) is 51.2 Å². The molecule has 0 saturated carbocycles. The topological polar surface area (TPSA) is 32.7 Å². The van der Waals surface area contributed by atoms with Crippen LogP contribution in [0.1, 0.15) is 32.6 Å². The molecule has 2 aromatic rings. The van der Waals surface area contributed by atoms with Gasteiger partial charge in [-0.05, 0) is 81.9 Å². The van der Waals surface area contributed by atoms with E-state index in [1.807, 2.05) is 58.0 Å². The molecule has 0 atom stereocenters. The van der Waals surface area contributed by atoms with E-state index >= 15 is 0 Å². The lowest BCUT2D eigenvalue weighted by Crippen LogP contribution is -2.35. The van der Waals surface area contributed by atoms with E-state index in [0.717, 1.165) is 24.9 Å². The molecule has 1 aliphatic rings. The zero-order chi connectivity index (χ0) is 19.6. The Hall–Kier alpha value is -1.21. The number of amidine groups is 1. The fourth-order valence-electron chi connectivity index (χ4n) is 2.47. The molecule has 2 heterocycles. The fraction of sp³-hybridized carbons (Fsp3) is 0.300. The lowest BCUT2D eigenvalue weighted by atomic mass is 10.3. The van der Waals surface area contributed by atoms with Gasteiger partial charge in [-0.2, -0.15) is 0 Å². The number of amides is 1.